The molecule has 0 bridgehead atoms. The molecule has 2 aliphatic rings. The summed E-state index contributed by atoms with van der Waals surface area (Å²) in [6.07, 6.45) is 7.98. The molecule has 3 N–H and O–H groups in total. The molecule has 0 radical (unpaired) electrons. The zero-order valence-electron chi connectivity index (χ0n) is 10.7. The first-order valence-corrected chi connectivity index (χ1v) is 6.77. The third-order valence-electron chi connectivity index (χ3n) is 4.52. The summed E-state index contributed by atoms with van der Waals surface area (Å²) in [7, 11) is 1.81. The minimum Gasteiger partial charge on any atom is -0.378 e. The van der Waals surface area contributed by atoms with Gasteiger partial charge >= 0.3 is 0 Å². The van der Waals surface area contributed by atoms with Crippen LogP contribution in [0.4, 0.5) is 0 Å². The molecule has 0 spiro atoms. The third kappa shape index (κ3) is 2.80. The number of rotatable bonds is 6. The summed E-state index contributed by atoms with van der Waals surface area (Å²) >= 11 is 0. The standard InChI is InChI=1S/C13H24N2O2/c1-15-13(12(14)16)7-5-11(9-13)17-8-6-10-3-2-4-10/h10-11,15H,2-9H2,1H3,(H2,14,16). The second-order valence-electron chi connectivity index (χ2n) is 5.52. The average Bonchev–Trinajstić information content (AvgIpc) is 2.67. The maximum Gasteiger partial charge on any atom is 0.237 e. The molecular formula is C13H24N2O2. The van der Waals surface area contributed by atoms with Crippen molar-refractivity contribution in [2.45, 2.75) is 56.6 Å². The highest BCUT2D eigenvalue weighted by atomic mass is 16.5. The Balaban J connectivity index is 1.71. The van der Waals surface area contributed by atoms with Crippen molar-refractivity contribution in [3.63, 3.8) is 0 Å². The molecule has 0 aliphatic heterocycles. The number of carbonyl (C=O) groups is 1. The fourth-order valence-corrected chi connectivity index (χ4v) is 2.90. The SMILES string of the molecule is CNC1(C(N)=O)CCC(OCCC2CCC2)C1. The zero-order chi connectivity index (χ0) is 12.3. The van der Waals surface area contributed by atoms with Crippen molar-refractivity contribution in [1.82, 2.24) is 5.32 Å². The highest BCUT2D eigenvalue weighted by molar-refractivity contribution is 5.85. The van der Waals surface area contributed by atoms with Crippen LogP contribution in [-0.2, 0) is 9.53 Å². The molecule has 0 aromatic carbocycles. The first kappa shape index (κ1) is 12.8. The first-order chi connectivity index (χ1) is 8.16. The zero-order valence-corrected chi connectivity index (χ0v) is 10.7. The molecule has 0 aromatic heterocycles. The summed E-state index contributed by atoms with van der Waals surface area (Å²) in [6, 6.07) is 0. The van der Waals surface area contributed by atoms with Crippen LogP contribution < -0.4 is 11.1 Å². The van der Waals surface area contributed by atoms with Crippen molar-refractivity contribution in [3.8, 4) is 0 Å². The molecule has 4 nitrogen and oxygen atoms in total. The Labute approximate surface area is 103 Å². The Kier molecular flexibility index (Phi) is 4.05. The molecule has 2 aliphatic carbocycles. The summed E-state index contributed by atoms with van der Waals surface area (Å²) in [6.45, 7) is 0.841. The molecule has 2 saturated carbocycles. The van der Waals surface area contributed by atoms with E-state index in [-0.39, 0.29) is 12.0 Å². The van der Waals surface area contributed by atoms with Crippen LogP contribution in [0.5, 0.6) is 0 Å². The van der Waals surface area contributed by atoms with E-state index in [0.29, 0.717) is 0 Å². The molecule has 0 saturated heterocycles. The van der Waals surface area contributed by atoms with Crippen molar-refractivity contribution >= 4 is 5.91 Å². The fourth-order valence-electron chi connectivity index (χ4n) is 2.90. The van der Waals surface area contributed by atoms with Crippen molar-refractivity contribution < 1.29 is 9.53 Å². The van der Waals surface area contributed by atoms with Crippen LogP contribution in [0.2, 0.25) is 0 Å². The summed E-state index contributed by atoms with van der Waals surface area (Å²) in [4.78, 5) is 11.4. The summed E-state index contributed by atoms with van der Waals surface area (Å²) in [5.74, 6) is 0.645. The molecule has 17 heavy (non-hydrogen) atoms. The van der Waals surface area contributed by atoms with Gasteiger partial charge in [0.2, 0.25) is 5.91 Å². The molecule has 2 rings (SSSR count). The molecule has 1 amide bonds. The van der Waals surface area contributed by atoms with Gasteiger partial charge in [0.15, 0.2) is 0 Å². The molecular weight excluding hydrogens is 216 g/mol. The van der Waals surface area contributed by atoms with Crippen LogP contribution in [0.1, 0.15) is 44.9 Å². The van der Waals surface area contributed by atoms with E-state index < -0.39 is 5.54 Å². The van der Waals surface area contributed by atoms with Crippen LogP contribution in [0, 0.1) is 5.92 Å². The van der Waals surface area contributed by atoms with Gasteiger partial charge in [-0.1, -0.05) is 19.3 Å². The molecule has 0 heterocycles. The maximum absolute atomic E-state index is 11.4. The lowest BCUT2D eigenvalue weighted by molar-refractivity contribution is -0.124. The monoisotopic (exact) mass is 240 g/mol. The average molecular weight is 240 g/mol. The highest BCUT2D eigenvalue weighted by Gasteiger charge is 2.43. The van der Waals surface area contributed by atoms with E-state index in [2.05, 4.69) is 5.32 Å². The number of primary amides is 1. The molecule has 2 fully saturated rings. The summed E-state index contributed by atoms with van der Waals surface area (Å²) in [5, 5.41) is 3.07. The van der Waals surface area contributed by atoms with E-state index in [0.717, 1.165) is 31.8 Å². The van der Waals surface area contributed by atoms with Crippen LogP contribution in [0.15, 0.2) is 0 Å². The topological polar surface area (TPSA) is 64.3 Å². The van der Waals surface area contributed by atoms with E-state index >= 15 is 0 Å². The van der Waals surface area contributed by atoms with Crippen molar-refractivity contribution in [3.05, 3.63) is 0 Å². The quantitative estimate of drug-likeness (QED) is 0.733. The van der Waals surface area contributed by atoms with E-state index in [4.69, 9.17) is 10.5 Å². The van der Waals surface area contributed by atoms with Gasteiger partial charge in [0.05, 0.1) is 11.6 Å². The number of nitrogens with two attached hydrogens (primary N) is 1. The van der Waals surface area contributed by atoms with Gasteiger partial charge in [-0.25, -0.2) is 0 Å². The van der Waals surface area contributed by atoms with Crippen LogP contribution in [0.3, 0.4) is 0 Å². The molecule has 0 aromatic rings. The van der Waals surface area contributed by atoms with Gasteiger partial charge < -0.3 is 15.8 Å². The van der Waals surface area contributed by atoms with E-state index in [1.165, 1.54) is 25.7 Å². The minimum atomic E-state index is -0.527. The Morgan fingerprint density at radius 1 is 1.47 bits per heavy atom. The second kappa shape index (κ2) is 5.36. The molecule has 2 atom stereocenters. The molecule has 4 heteroatoms. The van der Waals surface area contributed by atoms with Crippen LogP contribution in [0.25, 0.3) is 0 Å². The number of carbonyl (C=O) groups excluding carboxylic acids is 1. The van der Waals surface area contributed by atoms with Gasteiger partial charge in [-0.15, -0.1) is 0 Å². The van der Waals surface area contributed by atoms with Crippen LogP contribution >= 0.6 is 0 Å². The smallest absolute Gasteiger partial charge is 0.237 e. The molecule has 2 unspecified atom stereocenters. The normalized spacial score (nSPS) is 33.6. The van der Waals surface area contributed by atoms with Gasteiger partial charge in [-0.3, -0.25) is 4.79 Å². The largest absolute Gasteiger partial charge is 0.378 e. The maximum atomic E-state index is 11.4. The second-order valence-corrected chi connectivity index (χ2v) is 5.52. The van der Waals surface area contributed by atoms with Gasteiger partial charge in [-0.2, -0.15) is 0 Å². The van der Waals surface area contributed by atoms with Crippen molar-refractivity contribution in [2.24, 2.45) is 11.7 Å². The lowest BCUT2D eigenvalue weighted by atomic mass is 9.83. The number of hydrogen-bond donors (Lipinski definition) is 2. The van der Waals surface area contributed by atoms with Gasteiger partial charge in [0.25, 0.3) is 0 Å². The van der Waals surface area contributed by atoms with E-state index in [9.17, 15) is 4.79 Å². The first-order valence-electron chi connectivity index (χ1n) is 6.77. The van der Waals surface area contributed by atoms with Crippen LogP contribution in [-0.4, -0.2) is 31.2 Å². The number of hydrogen-bond acceptors (Lipinski definition) is 3. The number of nitrogens with one attached hydrogen (secondary N) is 1. The Morgan fingerprint density at radius 2 is 2.24 bits per heavy atom. The lowest BCUT2D eigenvalue weighted by Gasteiger charge is -2.26. The molecule has 98 valence electrons. The summed E-state index contributed by atoms with van der Waals surface area (Å²) in [5.41, 5.74) is 4.93. The van der Waals surface area contributed by atoms with Gasteiger partial charge in [0, 0.05) is 13.0 Å². The Bertz CT molecular complexity index is 279. The fraction of sp³-hybridized carbons (Fsp3) is 0.923. The predicted molar refractivity (Wildman–Crippen MR) is 66.5 cm³/mol. The lowest BCUT2D eigenvalue weighted by Crippen LogP contribution is -2.52. The summed E-state index contributed by atoms with van der Waals surface area (Å²) < 4.78 is 5.87. The predicted octanol–water partition coefficient (Wildman–Crippen LogP) is 1.19. The number of ether oxygens (including phenoxy) is 1. The van der Waals surface area contributed by atoms with E-state index in [1.54, 1.807) is 0 Å². The van der Waals surface area contributed by atoms with E-state index in [1.807, 2.05) is 7.05 Å². The highest BCUT2D eigenvalue weighted by Crippen LogP contribution is 2.33. The van der Waals surface area contributed by atoms with Gasteiger partial charge in [0.1, 0.15) is 0 Å². The van der Waals surface area contributed by atoms with Crippen molar-refractivity contribution in [2.75, 3.05) is 13.7 Å². The Morgan fingerprint density at radius 3 is 2.71 bits per heavy atom. The minimum absolute atomic E-state index is 0.204. The number of likely N-dealkylation sites (N-methyl/N-ethyl adjacent to an activating group) is 1. The van der Waals surface area contributed by atoms with Crippen molar-refractivity contribution in [1.29, 1.82) is 0 Å². The Hall–Kier alpha value is -0.610. The van der Waals surface area contributed by atoms with Gasteiger partial charge in [-0.05, 0) is 32.2 Å². The third-order valence-corrected chi connectivity index (χ3v) is 4.52. The number of amides is 1.